The highest BCUT2D eigenvalue weighted by atomic mass is 19.4. The van der Waals surface area contributed by atoms with Crippen molar-refractivity contribution in [2.45, 2.75) is 45.7 Å². The van der Waals surface area contributed by atoms with Crippen molar-refractivity contribution < 1.29 is 32.2 Å². The minimum atomic E-state index is -4.40. The van der Waals surface area contributed by atoms with Crippen LogP contribution in [0.1, 0.15) is 47.9 Å². The van der Waals surface area contributed by atoms with Crippen molar-refractivity contribution in [3.8, 4) is 17.2 Å². The van der Waals surface area contributed by atoms with E-state index in [2.05, 4.69) is 4.98 Å². The summed E-state index contributed by atoms with van der Waals surface area (Å²) in [5.74, 6) is 0.678. The summed E-state index contributed by atoms with van der Waals surface area (Å²) in [4.78, 5) is 15.4. The molecule has 0 bridgehead atoms. The second-order valence-corrected chi connectivity index (χ2v) is 7.81. The number of halogens is 3. The van der Waals surface area contributed by atoms with E-state index in [9.17, 15) is 18.0 Å². The lowest BCUT2D eigenvalue weighted by Gasteiger charge is -2.09. The molecule has 3 rings (SSSR count). The van der Waals surface area contributed by atoms with Gasteiger partial charge in [0.2, 0.25) is 5.89 Å². The number of benzene rings is 2. The van der Waals surface area contributed by atoms with Crippen molar-refractivity contribution in [2.75, 3.05) is 6.61 Å². The van der Waals surface area contributed by atoms with Crippen molar-refractivity contribution in [1.82, 2.24) is 4.98 Å². The minimum Gasteiger partial charge on any atom is -0.493 e. The first-order chi connectivity index (χ1) is 15.0. The van der Waals surface area contributed by atoms with Gasteiger partial charge in [-0.15, -0.1) is 0 Å². The molecule has 1 N–H and O–H groups in total. The van der Waals surface area contributed by atoms with Crippen molar-refractivity contribution in [1.29, 1.82) is 0 Å². The molecule has 8 heteroatoms. The van der Waals surface area contributed by atoms with Crippen molar-refractivity contribution in [2.24, 2.45) is 0 Å². The van der Waals surface area contributed by atoms with Crippen LogP contribution in [0, 0.1) is 6.92 Å². The fourth-order valence-corrected chi connectivity index (χ4v) is 3.30. The smallest absolute Gasteiger partial charge is 0.416 e. The van der Waals surface area contributed by atoms with Crippen molar-refractivity contribution in [3.63, 3.8) is 0 Å². The van der Waals surface area contributed by atoms with E-state index in [1.165, 1.54) is 12.1 Å². The Morgan fingerprint density at radius 1 is 1.16 bits per heavy atom. The molecule has 0 fully saturated rings. The van der Waals surface area contributed by atoms with Crippen LogP contribution in [-0.4, -0.2) is 22.7 Å². The molecule has 0 spiro atoms. The lowest BCUT2D eigenvalue weighted by atomic mass is 10.1. The Hall–Kier alpha value is -3.29. The van der Waals surface area contributed by atoms with Gasteiger partial charge >= 0.3 is 12.1 Å². The average molecular weight is 447 g/mol. The molecule has 0 atom stereocenters. The quantitative estimate of drug-likeness (QED) is 0.456. The number of alkyl halides is 3. The zero-order chi connectivity index (χ0) is 23.5. The van der Waals surface area contributed by atoms with Crippen LogP contribution < -0.4 is 4.74 Å². The van der Waals surface area contributed by atoms with Gasteiger partial charge in [0.1, 0.15) is 11.5 Å². The zero-order valence-electron chi connectivity index (χ0n) is 18.0. The van der Waals surface area contributed by atoms with E-state index in [-0.39, 0.29) is 18.2 Å². The van der Waals surface area contributed by atoms with Crippen LogP contribution in [-0.2, 0) is 23.8 Å². The molecule has 0 saturated carbocycles. The lowest BCUT2D eigenvalue weighted by molar-refractivity contribution is -0.138. The maximum atomic E-state index is 12.8. The van der Waals surface area contributed by atoms with Crippen molar-refractivity contribution >= 4 is 5.97 Å². The zero-order valence-corrected chi connectivity index (χ0v) is 18.0. The Bertz CT molecular complexity index is 1090. The highest BCUT2D eigenvalue weighted by molar-refractivity contribution is 5.70. The van der Waals surface area contributed by atoms with Crippen LogP contribution >= 0.6 is 0 Å². The van der Waals surface area contributed by atoms with Gasteiger partial charge in [-0.25, -0.2) is 4.98 Å². The van der Waals surface area contributed by atoms with Crippen LogP contribution in [0.5, 0.6) is 5.75 Å². The van der Waals surface area contributed by atoms with E-state index in [0.717, 1.165) is 29.0 Å². The largest absolute Gasteiger partial charge is 0.493 e. The molecule has 0 amide bonds. The van der Waals surface area contributed by atoms with Gasteiger partial charge in [0, 0.05) is 12.0 Å². The second-order valence-electron chi connectivity index (χ2n) is 7.81. The molecule has 0 aliphatic carbocycles. The minimum absolute atomic E-state index is 0.0470. The molecular formula is C24H24F3NO4. The van der Waals surface area contributed by atoms with Crippen LogP contribution in [0.25, 0.3) is 11.5 Å². The second kappa shape index (κ2) is 9.46. The number of oxazole rings is 1. The summed E-state index contributed by atoms with van der Waals surface area (Å²) in [5.41, 5.74) is 2.03. The molecule has 0 unspecified atom stereocenters. The molecule has 0 aliphatic rings. The van der Waals surface area contributed by atoms with Gasteiger partial charge in [-0.1, -0.05) is 19.9 Å². The van der Waals surface area contributed by atoms with E-state index in [0.29, 0.717) is 30.1 Å². The van der Waals surface area contributed by atoms with Gasteiger partial charge < -0.3 is 14.3 Å². The molecule has 0 aliphatic heterocycles. The number of nitrogens with zero attached hydrogens (tertiary/aromatic N) is 1. The SMILES string of the molecule is Cc1cc(OCCc2oc(-c3ccc(C(F)(F)F)cc3)nc2C(C)C)ccc1CC(=O)O. The molecule has 3 aromatic rings. The topological polar surface area (TPSA) is 72.6 Å². The van der Waals surface area contributed by atoms with Gasteiger partial charge in [0.25, 0.3) is 0 Å². The van der Waals surface area contributed by atoms with Gasteiger partial charge in [-0.05, 0) is 60.4 Å². The third kappa shape index (κ3) is 5.69. The third-order valence-electron chi connectivity index (χ3n) is 4.99. The third-order valence-corrected chi connectivity index (χ3v) is 4.99. The summed E-state index contributed by atoms with van der Waals surface area (Å²) in [6.07, 6.45) is -4.02. The lowest BCUT2D eigenvalue weighted by Crippen LogP contribution is -2.05. The molecule has 170 valence electrons. The number of ether oxygens (including phenoxy) is 1. The highest BCUT2D eigenvalue weighted by Crippen LogP contribution is 2.32. The summed E-state index contributed by atoms with van der Waals surface area (Å²) < 4.78 is 50.1. The van der Waals surface area contributed by atoms with E-state index < -0.39 is 17.7 Å². The number of hydrogen-bond donors (Lipinski definition) is 1. The van der Waals surface area contributed by atoms with Gasteiger partial charge in [0.15, 0.2) is 0 Å². The van der Waals surface area contributed by atoms with E-state index in [1.54, 1.807) is 18.2 Å². The summed E-state index contributed by atoms with van der Waals surface area (Å²) in [6.45, 7) is 6.06. The monoisotopic (exact) mass is 447 g/mol. The fraction of sp³-hybridized carbons (Fsp3) is 0.333. The summed E-state index contributed by atoms with van der Waals surface area (Å²) in [6, 6.07) is 9.95. The molecule has 32 heavy (non-hydrogen) atoms. The Kier molecular flexibility index (Phi) is 6.91. The summed E-state index contributed by atoms with van der Waals surface area (Å²) >= 11 is 0. The van der Waals surface area contributed by atoms with E-state index in [4.69, 9.17) is 14.3 Å². The molecule has 1 aromatic heterocycles. The number of aryl methyl sites for hydroxylation is 1. The molecule has 0 radical (unpaired) electrons. The Balaban J connectivity index is 1.71. The Morgan fingerprint density at radius 2 is 1.84 bits per heavy atom. The molecule has 1 heterocycles. The molecule has 5 nitrogen and oxygen atoms in total. The van der Waals surface area contributed by atoms with E-state index >= 15 is 0 Å². The molecule has 2 aromatic carbocycles. The number of aliphatic carboxylic acids is 1. The number of hydrogen-bond acceptors (Lipinski definition) is 4. The molecule has 0 saturated heterocycles. The van der Waals surface area contributed by atoms with Crippen LogP contribution in [0.15, 0.2) is 46.9 Å². The first-order valence-corrected chi connectivity index (χ1v) is 10.2. The number of carboxylic acids is 1. The number of carboxylic acid groups (broad SMARTS) is 1. The van der Waals surface area contributed by atoms with Gasteiger partial charge in [0.05, 0.1) is 24.3 Å². The first kappa shape index (κ1) is 23.4. The van der Waals surface area contributed by atoms with Gasteiger partial charge in [-0.3, -0.25) is 4.79 Å². The normalized spacial score (nSPS) is 11.7. The Labute approximate surface area is 183 Å². The molecular weight excluding hydrogens is 423 g/mol. The number of rotatable bonds is 8. The Morgan fingerprint density at radius 3 is 2.41 bits per heavy atom. The fourth-order valence-electron chi connectivity index (χ4n) is 3.30. The van der Waals surface area contributed by atoms with Crippen LogP contribution in [0.2, 0.25) is 0 Å². The number of aromatic nitrogens is 1. The van der Waals surface area contributed by atoms with Crippen LogP contribution in [0.3, 0.4) is 0 Å². The maximum Gasteiger partial charge on any atom is 0.416 e. The number of carbonyl (C=O) groups is 1. The predicted octanol–water partition coefficient (Wildman–Crippen LogP) is 6.04. The van der Waals surface area contributed by atoms with E-state index in [1.807, 2.05) is 20.8 Å². The average Bonchev–Trinajstić information content (AvgIpc) is 3.14. The van der Waals surface area contributed by atoms with Crippen molar-refractivity contribution in [3.05, 3.63) is 70.6 Å². The summed E-state index contributed by atoms with van der Waals surface area (Å²) in [5, 5.41) is 8.93. The standard InChI is InChI=1S/C24H24F3NO4/c1-14(2)22-20(10-11-31-19-9-6-17(13-21(29)30)15(3)12-19)32-23(28-22)16-4-7-18(8-5-16)24(25,26)27/h4-9,12,14H,10-11,13H2,1-3H3,(H,29,30). The van der Waals surface area contributed by atoms with Crippen LogP contribution in [0.4, 0.5) is 13.2 Å². The maximum absolute atomic E-state index is 12.8. The predicted molar refractivity (Wildman–Crippen MR) is 113 cm³/mol. The highest BCUT2D eigenvalue weighted by Gasteiger charge is 2.30. The van der Waals surface area contributed by atoms with Gasteiger partial charge in [-0.2, -0.15) is 13.2 Å². The first-order valence-electron chi connectivity index (χ1n) is 10.2. The summed E-state index contributed by atoms with van der Waals surface area (Å²) in [7, 11) is 0.